The van der Waals surface area contributed by atoms with Crippen molar-refractivity contribution in [2.75, 3.05) is 20.1 Å². The molecule has 0 spiro atoms. The van der Waals surface area contributed by atoms with E-state index in [4.69, 9.17) is 10.8 Å². The summed E-state index contributed by atoms with van der Waals surface area (Å²) in [6.45, 7) is 1.76. The second-order valence-electron chi connectivity index (χ2n) is 3.93. The highest BCUT2D eigenvalue weighted by Crippen LogP contribution is 2.07. The van der Waals surface area contributed by atoms with E-state index in [1.54, 1.807) is 0 Å². The van der Waals surface area contributed by atoms with E-state index in [1.807, 2.05) is 7.05 Å². The van der Waals surface area contributed by atoms with E-state index in [1.165, 1.54) is 0 Å². The molecule has 1 saturated heterocycles. The Balaban J connectivity index is 2.40. The van der Waals surface area contributed by atoms with Gasteiger partial charge in [-0.1, -0.05) is 0 Å². The Labute approximate surface area is 88.4 Å². The molecule has 15 heavy (non-hydrogen) atoms. The van der Waals surface area contributed by atoms with Crippen molar-refractivity contribution >= 4 is 11.9 Å². The van der Waals surface area contributed by atoms with Gasteiger partial charge in [-0.3, -0.25) is 4.79 Å². The van der Waals surface area contributed by atoms with Gasteiger partial charge in [0.1, 0.15) is 0 Å². The fourth-order valence-electron chi connectivity index (χ4n) is 1.69. The predicted octanol–water partition coefficient (Wildman–Crippen LogP) is -1.39. The summed E-state index contributed by atoms with van der Waals surface area (Å²) >= 11 is 0. The molecule has 1 heterocycles. The van der Waals surface area contributed by atoms with E-state index in [9.17, 15) is 9.59 Å². The number of nitrogens with one attached hydrogen (secondary N) is 1. The molecule has 2 atom stereocenters. The molecule has 4 N–H and O–H groups in total. The van der Waals surface area contributed by atoms with Crippen LogP contribution in [0.1, 0.15) is 12.8 Å². The first-order valence-electron chi connectivity index (χ1n) is 4.98. The average molecular weight is 215 g/mol. The molecule has 2 unspecified atom stereocenters. The van der Waals surface area contributed by atoms with Crippen molar-refractivity contribution in [3.8, 4) is 0 Å². The van der Waals surface area contributed by atoms with Crippen LogP contribution in [0.3, 0.4) is 0 Å². The molecule has 0 aromatic rings. The van der Waals surface area contributed by atoms with Crippen LogP contribution in [0.2, 0.25) is 0 Å². The normalized spacial score (nSPS) is 24.5. The van der Waals surface area contributed by atoms with Gasteiger partial charge in [-0.2, -0.15) is 0 Å². The molecule has 0 aliphatic carbocycles. The van der Waals surface area contributed by atoms with Crippen molar-refractivity contribution in [2.24, 2.45) is 5.73 Å². The van der Waals surface area contributed by atoms with Gasteiger partial charge in [-0.15, -0.1) is 0 Å². The number of hydrogen-bond donors (Lipinski definition) is 3. The molecule has 1 aliphatic rings. The fourth-order valence-corrected chi connectivity index (χ4v) is 1.69. The van der Waals surface area contributed by atoms with Crippen LogP contribution < -0.4 is 11.1 Å². The molecular weight excluding hydrogens is 198 g/mol. The summed E-state index contributed by atoms with van der Waals surface area (Å²) in [4.78, 5) is 23.9. The quantitative estimate of drug-likeness (QED) is 0.504. The van der Waals surface area contributed by atoms with Gasteiger partial charge in [0.15, 0.2) is 6.04 Å². The highest BCUT2D eigenvalue weighted by Gasteiger charge is 2.25. The topological polar surface area (TPSA) is 95.7 Å². The molecule has 0 saturated carbocycles. The molecule has 1 amide bonds. The van der Waals surface area contributed by atoms with E-state index >= 15 is 0 Å². The minimum atomic E-state index is -1.46. The average Bonchev–Trinajstić information content (AvgIpc) is 2.16. The number of nitrogens with zero attached hydrogens (tertiary/aromatic N) is 1. The Morgan fingerprint density at radius 1 is 1.60 bits per heavy atom. The zero-order valence-corrected chi connectivity index (χ0v) is 8.77. The summed E-state index contributed by atoms with van der Waals surface area (Å²) in [6.07, 6.45) is 1.88. The maximum absolute atomic E-state index is 11.3. The summed E-state index contributed by atoms with van der Waals surface area (Å²) in [5.74, 6) is -1.90. The third-order valence-electron chi connectivity index (χ3n) is 2.52. The summed E-state index contributed by atoms with van der Waals surface area (Å²) in [7, 11) is 1.97. The number of carbonyl (C=O) groups is 2. The first-order chi connectivity index (χ1) is 7.00. The Morgan fingerprint density at radius 2 is 2.27 bits per heavy atom. The van der Waals surface area contributed by atoms with Crippen LogP contribution in [0.4, 0.5) is 0 Å². The second-order valence-corrected chi connectivity index (χ2v) is 3.93. The van der Waals surface area contributed by atoms with Gasteiger partial charge in [-0.05, 0) is 26.4 Å². The number of rotatable bonds is 3. The number of carboxylic acids is 1. The Bertz CT molecular complexity index is 257. The predicted molar refractivity (Wildman–Crippen MR) is 54.3 cm³/mol. The zero-order valence-electron chi connectivity index (χ0n) is 8.77. The van der Waals surface area contributed by atoms with E-state index in [2.05, 4.69) is 10.2 Å². The molecule has 0 radical (unpaired) electrons. The molecule has 0 aromatic heterocycles. The molecule has 6 heteroatoms. The van der Waals surface area contributed by atoms with Crippen LogP contribution in [-0.4, -0.2) is 54.1 Å². The van der Waals surface area contributed by atoms with Gasteiger partial charge >= 0.3 is 5.97 Å². The minimum Gasteiger partial charge on any atom is -0.480 e. The first kappa shape index (κ1) is 11.9. The Hall–Kier alpha value is -1.14. The Kier molecular flexibility index (Phi) is 4.05. The number of carboxylic acid groups (broad SMARTS) is 1. The van der Waals surface area contributed by atoms with Crippen LogP contribution in [0.15, 0.2) is 0 Å². The van der Waals surface area contributed by atoms with Crippen LogP contribution in [-0.2, 0) is 9.59 Å². The number of carbonyl (C=O) groups excluding carboxylic acids is 1. The molecule has 6 nitrogen and oxygen atoms in total. The largest absolute Gasteiger partial charge is 0.480 e. The summed E-state index contributed by atoms with van der Waals surface area (Å²) in [6, 6.07) is -1.45. The van der Waals surface area contributed by atoms with Crippen LogP contribution in [0.25, 0.3) is 0 Å². The maximum Gasteiger partial charge on any atom is 0.330 e. The smallest absolute Gasteiger partial charge is 0.330 e. The maximum atomic E-state index is 11.3. The summed E-state index contributed by atoms with van der Waals surface area (Å²) in [5, 5.41) is 11.2. The lowest BCUT2D eigenvalue weighted by Crippen LogP contribution is -2.53. The number of likely N-dealkylation sites (N-methyl/N-ethyl adjacent to an activating group) is 1. The fraction of sp³-hybridized carbons (Fsp3) is 0.778. The molecule has 1 rings (SSSR count). The van der Waals surface area contributed by atoms with Gasteiger partial charge in [0.05, 0.1) is 0 Å². The highest BCUT2D eigenvalue weighted by atomic mass is 16.4. The molecule has 86 valence electrons. The van der Waals surface area contributed by atoms with Crippen molar-refractivity contribution in [3.63, 3.8) is 0 Å². The van der Waals surface area contributed by atoms with Gasteiger partial charge in [-0.25, -0.2) is 4.79 Å². The number of hydrogen-bond acceptors (Lipinski definition) is 4. The zero-order chi connectivity index (χ0) is 11.4. The van der Waals surface area contributed by atoms with Gasteiger partial charge in [0.25, 0.3) is 0 Å². The van der Waals surface area contributed by atoms with E-state index in [0.717, 1.165) is 25.9 Å². The molecule has 0 bridgehead atoms. The van der Waals surface area contributed by atoms with Crippen molar-refractivity contribution < 1.29 is 14.7 Å². The lowest BCUT2D eigenvalue weighted by molar-refractivity contribution is -0.143. The summed E-state index contributed by atoms with van der Waals surface area (Å²) in [5.41, 5.74) is 5.19. The number of likely N-dealkylation sites (tertiary alicyclic amines) is 1. The number of aliphatic carboxylic acids is 1. The van der Waals surface area contributed by atoms with Gasteiger partial charge < -0.3 is 21.1 Å². The third-order valence-corrected chi connectivity index (χ3v) is 2.52. The van der Waals surface area contributed by atoms with E-state index in [-0.39, 0.29) is 6.04 Å². The van der Waals surface area contributed by atoms with Gasteiger partial charge in [0.2, 0.25) is 5.91 Å². The molecule has 1 aliphatic heterocycles. The van der Waals surface area contributed by atoms with Crippen molar-refractivity contribution in [1.82, 2.24) is 10.2 Å². The molecular formula is C9H17N3O3. The van der Waals surface area contributed by atoms with Gasteiger partial charge in [0, 0.05) is 12.6 Å². The molecule has 1 fully saturated rings. The van der Waals surface area contributed by atoms with Crippen LogP contribution in [0.5, 0.6) is 0 Å². The number of amides is 1. The summed E-state index contributed by atoms with van der Waals surface area (Å²) < 4.78 is 0. The van der Waals surface area contributed by atoms with Crippen molar-refractivity contribution in [3.05, 3.63) is 0 Å². The standard InChI is InChI=1S/C9H17N3O3/c1-12-4-2-3-6(5-12)11-8(13)7(10)9(14)15/h6-7H,2-5,10H2,1H3,(H,11,13)(H,14,15). The lowest BCUT2D eigenvalue weighted by atomic mass is 10.1. The first-order valence-corrected chi connectivity index (χ1v) is 4.98. The van der Waals surface area contributed by atoms with Crippen molar-refractivity contribution in [2.45, 2.75) is 24.9 Å². The lowest BCUT2D eigenvalue weighted by Gasteiger charge is -2.30. The Morgan fingerprint density at radius 3 is 2.80 bits per heavy atom. The van der Waals surface area contributed by atoms with E-state index < -0.39 is 17.9 Å². The van der Waals surface area contributed by atoms with E-state index in [0.29, 0.717) is 0 Å². The number of piperidine rings is 1. The second kappa shape index (κ2) is 5.09. The van der Waals surface area contributed by atoms with Crippen molar-refractivity contribution in [1.29, 1.82) is 0 Å². The number of nitrogens with two attached hydrogens (primary N) is 1. The minimum absolute atomic E-state index is 0.0154. The molecule has 0 aromatic carbocycles. The highest BCUT2D eigenvalue weighted by molar-refractivity contribution is 6.00. The third kappa shape index (κ3) is 3.49. The SMILES string of the molecule is CN1CCCC(NC(=O)C(N)C(=O)O)C1. The monoisotopic (exact) mass is 215 g/mol. The van der Waals surface area contributed by atoms with Crippen LogP contribution >= 0.6 is 0 Å². The van der Waals surface area contributed by atoms with Crippen LogP contribution in [0, 0.1) is 0 Å².